The number of carbonyl (C=O) groups is 2. The largest absolute Gasteiger partial charge is 0.494 e. The molecule has 0 saturated carbocycles. The fraction of sp³-hybridized carbons (Fsp3) is 0.276. The first-order chi connectivity index (χ1) is 17.5. The number of imide groups is 1. The van der Waals surface area contributed by atoms with Crippen LogP contribution < -0.4 is 4.74 Å². The topological polar surface area (TPSA) is 88.4 Å². The first kappa shape index (κ1) is 23.8. The van der Waals surface area contributed by atoms with E-state index in [2.05, 4.69) is 0 Å². The van der Waals surface area contributed by atoms with Crippen LogP contribution in [0.5, 0.6) is 5.75 Å². The molecule has 1 spiro atoms. The van der Waals surface area contributed by atoms with Crippen LogP contribution in [0.25, 0.3) is 0 Å². The summed E-state index contributed by atoms with van der Waals surface area (Å²) in [7, 11) is 0. The predicted octanol–water partition coefficient (Wildman–Crippen LogP) is 3.84. The van der Waals surface area contributed by atoms with Gasteiger partial charge in [0.15, 0.2) is 11.6 Å². The number of aliphatic imine (C=N–C) groups is 1. The highest BCUT2D eigenvalue weighted by Gasteiger charge is 2.56. The van der Waals surface area contributed by atoms with E-state index in [9.17, 15) is 9.59 Å². The van der Waals surface area contributed by atoms with Crippen LogP contribution in [0.3, 0.4) is 0 Å². The quantitative estimate of drug-likeness (QED) is 0.537. The first-order valence-electron chi connectivity index (χ1n) is 12.1. The van der Waals surface area contributed by atoms with Crippen LogP contribution in [0.4, 0.5) is 0 Å². The minimum atomic E-state index is -1.33. The van der Waals surface area contributed by atoms with Gasteiger partial charge >= 0.3 is 0 Å². The number of carbonyl (C=O) groups excluding carboxylic acids is 2. The van der Waals surface area contributed by atoms with Gasteiger partial charge < -0.3 is 14.6 Å². The van der Waals surface area contributed by atoms with E-state index in [-0.39, 0.29) is 25.0 Å². The van der Waals surface area contributed by atoms with E-state index >= 15 is 0 Å². The van der Waals surface area contributed by atoms with E-state index in [1.807, 2.05) is 78.9 Å². The lowest BCUT2D eigenvalue weighted by atomic mass is 9.82. The molecule has 36 heavy (non-hydrogen) atoms. The molecule has 2 atom stereocenters. The van der Waals surface area contributed by atoms with Gasteiger partial charge in [-0.1, -0.05) is 54.6 Å². The molecule has 0 aliphatic carbocycles. The van der Waals surface area contributed by atoms with Crippen molar-refractivity contribution in [3.8, 4) is 5.75 Å². The van der Waals surface area contributed by atoms with Gasteiger partial charge in [-0.3, -0.25) is 14.5 Å². The van der Waals surface area contributed by atoms with Crippen LogP contribution >= 0.6 is 0 Å². The average molecular weight is 485 g/mol. The van der Waals surface area contributed by atoms with E-state index < -0.39 is 11.6 Å². The lowest BCUT2D eigenvalue weighted by molar-refractivity contribution is -0.149. The first-order valence-corrected chi connectivity index (χ1v) is 12.1. The number of aliphatic hydroxyl groups is 1. The molecule has 0 bridgehead atoms. The number of rotatable bonds is 6. The molecule has 0 fully saturated rings. The third-order valence-electron chi connectivity index (χ3n) is 6.64. The summed E-state index contributed by atoms with van der Waals surface area (Å²) in [5.41, 5.74) is 2.10. The number of aliphatic hydroxyl groups excluding tert-OH is 1. The van der Waals surface area contributed by atoms with Crippen molar-refractivity contribution in [1.29, 1.82) is 0 Å². The molecule has 2 heterocycles. The van der Waals surface area contributed by atoms with Gasteiger partial charge in [-0.25, -0.2) is 4.99 Å². The van der Waals surface area contributed by atoms with Crippen molar-refractivity contribution in [1.82, 2.24) is 4.90 Å². The van der Waals surface area contributed by atoms with Gasteiger partial charge in [-0.2, -0.15) is 0 Å². The van der Waals surface area contributed by atoms with Crippen molar-refractivity contribution in [3.63, 3.8) is 0 Å². The van der Waals surface area contributed by atoms with Gasteiger partial charge in [0, 0.05) is 31.9 Å². The van der Waals surface area contributed by atoms with Crippen LogP contribution in [0.15, 0.2) is 83.9 Å². The van der Waals surface area contributed by atoms with Gasteiger partial charge in [-0.05, 0) is 41.0 Å². The second kappa shape index (κ2) is 9.95. The number of amides is 2. The molecule has 7 nitrogen and oxygen atoms in total. The van der Waals surface area contributed by atoms with E-state index in [1.165, 1.54) is 11.8 Å². The number of hydrogen-bond donors (Lipinski definition) is 1. The summed E-state index contributed by atoms with van der Waals surface area (Å²) in [6.45, 7) is 2.10. The standard InChI is InChI=1S/C29H28N2O5/c1-20(33)31-19-24-11-6-5-10-23(24)18-29(28(31)34)26(21-8-3-2-4-9-21)36-27(30-29)22-12-14-25(15-13-22)35-17-7-16-32/h2-6,8-15,26,32H,7,16-19H2,1H3/t26-,29-/m1/s1. The third-order valence-corrected chi connectivity index (χ3v) is 6.64. The molecular weight excluding hydrogens is 456 g/mol. The van der Waals surface area contributed by atoms with E-state index in [4.69, 9.17) is 19.6 Å². The fourth-order valence-corrected chi connectivity index (χ4v) is 4.80. The zero-order valence-electron chi connectivity index (χ0n) is 20.1. The second-order valence-electron chi connectivity index (χ2n) is 9.06. The molecule has 2 amide bonds. The van der Waals surface area contributed by atoms with Crippen LogP contribution in [0.2, 0.25) is 0 Å². The Morgan fingerprint density at radius 1 is 1.06 bits per heavy atom. The number of hydrogen-bond acceptors (Lipinski definition) is 6. The molecule has 1 N–H and O–H groups in total. The average Bonchev–Trinajstić information content (AvgIpc) is 3.23. The molecule has 5 rings (SSSR count). The number of nitrogens with zero attached hydrogens (tertiary/aromatic N) is 2. The molecular formula is C29H28N2O5. The highest BCUT2D eigenvalue weighted by molar-refractivity contribution is 6.05. The predicted molar refractivity (Wildman–Crippen MR) is 135 cm³/mol. The second-order valence-corrected chi connectivity index (χ2v) is 9.06. The maximum atomic E-state index is 14.1. The normalized spacial score (nSPS) is 20.9. The summed E-state index contributed by atoms with van der Waals surface area (Å²) in [5, 5.41) is 8.96. The summed E-state index contributed by atoms with van der Waals surface area (Å²) in [6, 6.07) is 24.7. The SMILES string of the molecule is CC(=O)N1Cc2ccccc2C[C@]2(N=C(c3ccc(OCCCO)cc3)O[C@@H]2c2ccccc2)C1=O. The maximum absolute atomic E-state index is 14.1. The van der Waals surface area contributed by atoms with Gasteiger partial charge in [-0.15, -0.1) is 0 Å². The van der Waals surface area contributed by atoms with Crippen molar-refractivity contribution in [2.24, 2.45) is 4.99 Å². The van der Waals surface area contributed by atoms with E-state index in [0.717, 1.165) is 16.7 Å². The van der Waals surface area contributed by atoms with Gasteiger partial charge in [0.1, 0.15) is 5.75 Å². The molecule has 0 radical (unpaired) electrons. The molecule has 7 heteroatoms. The number of ether oxygens (including phenoxy) is 2. The van der Waals surface area contributed by atoms with Crippen molar-refractivity contribution in [2.75, 3.05) is 13.2 Å². The van der Waals surface area contributed by atoms with E-state index in [0.29, 0.717) is 36.7 Å². The van der Waals surface area contributed by atoms with Crippen molar-refractivity contribution < 1.29 is 24.2 Å². The molecule has 2 aliphatic heterocycles. The van der Waals surface area contributed by atoms with Gasteiger partial charge in [0.2, 0.25) is 11.8 Å². The zero-order valence-corrected chi connectivity index (χ0v) is 20.1. The fourth-order valence-electron chi connectivity index (χ4n) is 4.80. The Balaban J connectivity index is 1.60. The number of benzene rings is 3. The van der Waals surface area contributed by atoms with Crippen LogP contribution in [-0.4, -0.2) is 46.5 Å². The summed E-state index contributed by atoms with van der Waals surface area (Å²) < 4.78 is 12.1. The Hall–Kier alpha value is -3.97. The zero-order chi connectivity index (χ0) is 25.1. The Labute approximate surface area is 210 Å². The Bertz CT molecular complexity index is 1290. The Kier molecular flexibility index (Phi) is 6.57. The van der Waals surface area contributed by atoms with Crippen molar-refractivity contribution >= 4 is 17.7 Å². The molecule has 184 valence electrons. The van der Waals surface area contributed by atoms with Gasteiger partial charge in [0.05, 0.1) is 13.2 Å². The van der Waals surface area contributed by atoms with Crippen molar-refractivity contribution in [3.05, 3.63) is 101 Å². The molecule has 3 aromatic carbocycles. The highest BCUT2D eigenvalue weighted by atomic mass is 16.5. The minimum absolute atomic E-state index is 0.0696. The van der Waals surface area contributed by atoms with Crippen LogP contribution in [0.1, 0.15) is 41.7 Å². The smallest absolute Gasteiger partial charge is 0.262 e. The third kappa shape index (κ3) is 4.38. The van der Waals surface area contributed by atoms with Crippen molar-refractivity contribution in [2.45, 2.75) is 38.0 Å². The summed E-state index contributed by atoms with van der Waals surface area (Å²) in [6.07, 6.45) is 0.168. The molecule has 0 saturated heterocycles. The van der Waals surface area contributed by atoms with E-state index in [1.54, 1.807) is 0 Å². The lowest BCUT2D eigenvalue weighted by Crippen LogP contribution is -2.51. The summed E-state index contributed by atoms with van der Waals surface area (Å²) >= 11 is 0. The highest BCUT2D eigenvalue weighted by Crippen LogP contribution is 2.45. The molecule has 0 aromatic heterocycles. The summed E-state index contributed by atoms with van der Waals surface area (Å²) in [4.78, 5) is 33.0. The lowest BCUT2D eigenvalue weighted by Gasteiger charge is -2.32. The van der Waals surface area contributed by atoms with Crippen LogP contribution in [0, 0.1) is 0 Å². The van der Waals surface area contributed by atoms with Gasteiger partial charge in [0.25, 0.3) is 5.91 Å². The maximum Gasteiger partial charge on any atom is 0.262 e. The molecule has 2 aliphatic rings. The van der Waals surface area contributed by atoms with Crippen LogP contribution in [-0.2, 0) is 27.3 Å². The summed E-state index contributed by atoms with van der Waals surface area (Å²) in [5.74, 6) is 0.333. The monoisotopic (exact) mass is 484 g/mol. The Morgan fingerprint density at radius 3 is 2.44 bits per heavy atom. The Morgan fingerprint density at radius 2 is 1.75 bits per heavy atom. The molecule has 3 aromatic rings. The minimum Gasteiger partial charge on any atom is -0.494 e. The number of fused-ring (bicyclic) bond motifs is 1. The molecule has 0 unspecified atom stereocenters.